The molecule has 9 nitrogen and oxygen atoms in total. The van der Waals surface area contributed by atoms with Crippen molar-refractivity contribution in [3.8, 4) is 0 Å². The number of aromatic amines is 1. The maximum absolute atomic E-state index is 12.5. The monoisotopic (exact) mass is 444 g/mol. The number of nitrogens with zero attached hydrogens (tertiary/aromatic N) is 1. The molecule has 0 saturated carbocycles. The molecule has 0 aliphatic heterocycles. The Morgan fingerprint density at radius 2 is 1.71 bits per heavy atom. The summed E-state index contributed by atoms with van der Waals surface area (Å²) in [7, 11) is -3.75. The lowest BCUT2D eigenvalue weighted by atomic mass is 10.1. The Bertz CT molecular complexity index is 1350. The van der Waals surface area contributed by atoms with Crippen LogP contribution in [0.25, 0.3) is 10.8 Å². The molecule has 31 heavy (non-hydrogen) atoms. The number of amides is 1. The molecule has 0 fully saturated rings. The van der Waals surface area contributed by atoms with E-state index in [4.69, 9.17) is 0 Å². The number of nitrogens with one attached hydrogen (secondary N) is 3. The van der Waals surface area contributed by atoms with Crippen LogP contribution < -0.4 is 21.2 Å². The molecule has 0 atom stereocenters. The molecule has 10 heteroatoms. The summed E-state index contributed by atoms with van der Waals surface area (Å²) in [5, 5.41) is 5.65. The van der Waals surface area contributed by atoms with Gasteiger partial charge in [0.2, 0.25) is 15.9 Å². The normalized spacial score (nSPS) is 12.1. The van der Waals surface area contributed by atoms with Crippen molar-refractivity contribution in [3.05, 3.63) is 69.2 Å². The van der Waals surface area contributed by atoms with Gasteiger partial charge < -0.3 is 5.32 Å². The minimum Gasteiger partial charge on any atom is -0.326 e. The standard InChI is InChI=1S/C21H24N4O5S/c1-21(2,3)24-31(29,30)15-8-6-7-14(13-15)22-18(26)11-12-25-20(28)17-10-5-4-9-16(17)19(27)23-25/h4-10,13,24H,11-12H2,1-3H3,(H,22,26)(H,23,27). The van der Waals surface area contributed by atoms with E-state index in [1.807, 2.05) is 0 Å². The van der Waals surface area contributed by atoms with Gasteiger partial charge in [0, 0.05) is 17.6 Å². The summed E-state index contributed by atoms with van der Waals surface area (Å²) in [5.41, 5.74) is -1.16. The first-order chi connectivity index (χ1) is 14.5. The number of hydrogen-bond acceptors (Lipinski definition) is 5. The van der Waals surface area contributed by atoms with Gasteiger partial charge in [-0.05, 0) is 51.1 Å². The molecule has 1 aromatic heterocycles. The van der Waals surface area contributed by atoms with Crippen LogP contribution in [0.15, 0.2) is 63.0 Å². The Morgan fingerprint density at radius 1 is 1.03 bits per heavy atom. The molecular weight excluding hydrogens is 420 g/mol. The molecule has 0 spiro atoms. The third-order valence-electron chi connectivity index (χ3n) is 4.31. The van der Waals surface area contributed by atoms with Crippen LogP contribution >= 0.6 is 0 Å². The lowest BCUT2D eigenvalue weighted by molar-refractivity contribution is -0.116. The molecule has 1 heterocycles. The Balaban J connectivity index is 1.73. The summed E-state index contributed by atoms with van der Waals surface area (Å²) < 4.78 is 28.6. The average molecular weight is 445 g/mol. The molecule has 2 aromatic carbocycles. The zero-order valence-corrected chi connectivity index (χ0v) is 18.2. The largest absolute Gasteiger partial charge is 0.326 e. The van der Waals surface area contributed by atoms with Gasteiger partial charge in [-0.25, -0.2) is 17.8 Å². The van der Waals surface area contributed by atoms with E-state index in [0.29, 0.717) is 5.69 Å². The van der Waals surface area contributed by atoms with Crippen molar-refractivity contribution in [2.45, 2.75) is 44.2 Å². The fourth-order valence-corrected chi connectivity index (χ4v) is 4.51. The highest BCUT2D eigenvalue weighted by molar-refractivity contribution is 7.89. The fourth-order valence-electron chi connectivity index (χ4n) is 3.04. The molecule has 0 unspecified atom stereocenters. The van der Waals surface area contributed by atoms with Gasteiger partial charge in [0.05, 0.1) is 22.2 Å². The van der Waals surface area contributed by atoms with E-state index in [-0.39, 0.29) is 28.6 Å². The number of carbonyl (C=O) groups is 1. The van der Waals surface area contributed by atoms with Gasteiger partial charge in [0.15, 0.2) is 0 Å². The number of aryl methyl sites for hydroxylation is 1. The maximum atomic E-state index is 12.5. The Morgan fingerprint density at radius 3 is 2.39 bits per heavy atom. The second-order valence-corrected chi connectivity index (χ2v) is 9.81. The molecule has 3 aromatic rings. The smallest absolute Gasteiger partial charge is 0.273 e. The molecular formula is C21H24N4O5S. The number of carbonyl (C=O) groups excluding carboxylic acids is 1. The van der Waals surface area contributed by atoms with Gasteiger partial charge in [-0.1, -0.05) is 18.2 Å². The number of H-pyrrole nitrogens is 1. The van der Waals surface area contributed by atoms with Crippen molar-refractivity contribution in [2.24, 2.45) is 0 Å². The van der Waals surface area contributed by atoms with E-state index >= 15 is 0 Å². The number of aromatic nitrogens is 2. The Labute approximate surface area is 179 Å². The van der Waals surface area contributed by atoms with Crippen molar-refractivity contribution in [3.63, 3.8) is 0 Å². The number of anilines is 1. The Hall–Kier alpha value is -3.24. The molecule has 0 saturated heterocycles. The van der Waals surface area contributed by atoms with E-state index in [0.717, 1.165) is 4.68 Å². The molecule has 3 rings (SSSR count). The highest BCUT2D eigenvalue weighted by Crippen LogP contribution is 2.17. The van der Waals surface area contributed by atoms with Gasteiger partial charge >= 0.3 is 0 Å². The van der Waals surface area contributed by atoms with E-state index < -0.39 is 32.6 Å². The summed E-state index contributed by atoms with van der Waals surface area (Å²) in [6, 6.07) is 12.3. The van der Waals surface area contributed by atoms with Crippen molar-refractivity contribution in [2.75, 3.05) is 5.32 Å². The minimum absolute atomic E-state index is 0.0234. The SMILES string of the molecule is CC(C)(C)NS(=O)(=O)c1cccc(NC(=O)CCn2[nH]c(=O)c3ccccc3c2=O)c1. The molecule has 164 valence electrons. The molecule has 0 aliphatic carbocycles. The van der Waals surface area contributed by atoms with Crippen LogP contribution in [0.2, 0.25) is 0 Å². The molecule has 0 bridgehead atoms. The summed E-state index contributed by atoms with van der Waals surface area (Å²) in [4.78, 5) is 37.0. The number of rotatable bonds is 6. The third-order valence-corrected chi connectivity index (χ3v) is 6.07. The minimum atomic E-state index is -3.75. The average Bonchev–Trinajstić information content (AvgIpc) is 2.68. The maximum Gasteiger partial charge on any atom is 0.273 e. The number of hydrogen-bond donors (Lipinski definition) is 3. The van der Waals surface area contributed by atoms with Crippen LogP contribution in [0.5, 0.6) is 0 Å². The van der Waals surface area contributed by atoms with E-state index in [1.54, 1.807) is 51.1 Å². The summed E-state index contributed by atoms with van der Waals surface area (Å²) in [6.07, 6.45) is -0.0919. The van der Waals surface area contributed by atoms with Crippen LogP contribution in [-0.4, -0.2) is 29.6 Å². The fraction of sp³-hybridized carbons (Fsp3) is 0.286. The first kappa shape index (κ1) is 22.4. The molecule has 0 radical (unpaired) electrons. The van der Waals surface area contributed by atoms with Crippen molar-refractivity contribution in [1.82, 2.24) is 14.5 Å². The lowest BCUT2D eigenvalue weighted by Crippen LogP contribution is -2.40. The topological polar surface area (TPSA) is 130 Å². The predicted molar refractivity (Wildman–Crippen MR) is 119 cm³/mol. The predicted octanol–water partition coefficient (Wildman–Crippen LogP) is 1.80. The molecule has 1 amide bonds. The third kappa shape index (κ3) is 5.47. The van der Waals surface area contributed by atoms with Crippen molar-refractivity contribution >= 4 is 32.4 Å². The number of fused-ring (bicyclic) bond motifs is 1. The highest BCUT2D eigenvalue weighted by Gasteiger charge is 2.22. The molecule has 0 aliphatic rings. The van der Waals surface area contributed by atoms with Gasteiger partial charge in [-0.15, -0.1) is 0 Å². The number of sulfonamides is 1. The van der Waals surface area contributed by atoms with Gasteiger partial charge in [0.25, 0.3) is 11.1 Å². The second-order valence-electron chi connectivity index (χ2n) is 8.12. The number of benzene rings is 2. The first-order valence-electron chi connectivity index (χ1n) is 9.62. The van der Waals surface area contributed by atoms with Gasteiger partial charge in [-0.3, -0.25) is 19.5 Å². The highest BCUT2D eigenvalue weighted by atomic mass is 32.2. The van der Waals surface area contributed by atoms with E-state index in [9.17, 15) is 22.8 Å². The van der Waals surface area contributed by atoms with Crippen molar-refractivity contribution in [1.29, 1.82) is 0 Å². The van der Waals surface area contributed by atoms with Crippen LogP contribution in [0.1, 0.15) is 27.2 Å². The summed E-state index contributed by atoms with van der Waals surface area (Å²) >= 11 is 0. The van der Waals surface area contributed by atoms with Crippen LogP contribution in [0, 0.1) is 0 Å². The quantitative estimate of drug-likeness (QED) is 0.534. The Kier molecular flexibility index (Phi) is 6.14. The van der Waals surface area contributed by atoms with Crippen LogP contribution in [0.3, 0.4) is 0 Å². The zero-order valence-electron chi connectivity index (χ0n) is 17.4. The summed E-state index contributed by atoms with van der Waals surface area (Å²) in [6.45, 7) is 5.16. The zero-order chi connectivity index (χ0) is 22.8. The first-order valence-corrected chi connectivity index (χ1v) is 11.1. The molecule has 3 N–H and O–H groups in total. The van der Waals surface area contributed by atoms with Gasteiger partial charge in [-0.2, -0.15) is 0 Å². The van der Waals surface area contributed by atoms with Crippen LogP contribution in [0.4, 0.5) is 5.69 Å². The van der Waals surface area contributed by atoms with Gasteiger partial charge in [0.1, 0.15) is 0 Å². The van der Waals surface area contributed by atoms with E-state index in [1.165, 1.54) is 18.2 Å². The second kappa shape index (κ2) is 8.48. The van der Waals surface area contributed by atoms with E-state index in [2.05, 4.69) is 15.1 Å². The van der Waals surface area contributed by atoms with Crippen molar-refractivity contribution < 1.29 is 13.2 Å². The van der Waals surface area contributed by atoms with Crippen LogP contribution in [-0.2, 0) is 21.4 Å². The summed E-state index contributed by atoms with van der Waals surface area (Å²) in [5.74, 6) is -0.431. The lowest BCUT2D eigenvalue weighted by Gasteiger charge is -2.20.